The van der Waals surface area contributed by atoms with Crippen molar-refractivity contribution < 1.29 is 32.6 Å². The lowest BCUT2D eigenvalue weighted by Gasteiger charge is -2.35. The van der Waals surface area contributed by atoms with Gasteiger partial charge in [-0.1, -0.05) is 57.2 Å². The normalized spacial score (nSPS) is 14.7. The van der Waals surface area contributed by atoms with Crippen LogP contribution in [-0.4, -0.2) is 107 Å². The molecule has 0 bridgehead atoms. The van der Waals surface area contributed by atoms with E-state index in [-0.39, 0.29) is 42.0 Å². The number of hydrogen-bond acceptors (Lipinski definition) is 12. The van der Waals surface area contributed by atoms with E-state index in [1.807, 2.05) is 57.5 Å². The van der Waals surface area contributed by atoms with Crippen LogP contribution in [0.15, 0.2) is 90.8 Å². The molecule has 6 heterocycles. The average Bonchev–Trinajstić information content (AvgIpc) is 4.18. The molecule has 1 saturated heterocycles. The van der Waals surface area contributed by atoms with Crippen LogP contribution in [-0.2, 0) is 42.9 Å². The van der Waals surface area contributed by atoms with Gasteiger partial charge in [-0.25, -0.2) is 4.98 Å². The lowest BCUT2D eigenvalue weighted by atomic mass is 9.85. The van der Waals surface area contributed by atoms with Crippen LogP contribution in [0.25, 0.3) is 38.2 Å². The average molecular weight is 948 g/mol. The van der Waals surface area contributed by atoms with E-state index in [0.717, 1.165) is 26.2 Å². The maximum Gasteiger partial charge on any atom is 0.333 e. The highest BCUT2D eigenvalue weighted by molar-refractivity contribution is 7.13. The van der Waals surface area contributed by atoms with Crippen LogP contribution in [0, 0.1) is 12.3 Å². The Hall–Kier alpha value is -6.57. The SMILES string of the molecule is Cc1ncsc1-c1ccc(CNC(=O)[C@@H]2CCCN2C(=O)[C@@H](NC(=O)CCOCCCOCCCn2cc(-c3ccc4nnc(C(F)(F)c5ccc6ncccc6c5)n4n3)cn2)C(C)(C)C)cc1. The Labute approximate surface area is 396 Å². The van der Waals surface area contributed by atoms with E-state index in [4.69, 9.17) is 9.47 Å². The maximum atomic E-state index is 15.8. The number of aromatic nitrogens is 8. The van der Waals surface area contributed by atoms with E-state index in [1.54, 1.807) is 69.8 Å². The first kappa shape index (κ1) is 47.9. The van der Waals surface area contributed by atoms with Gasteiger partial charge in [0.15, 0.2) is 5.65 Å². The molecule has 1 fully saturated rings. The molecule has 2 N–H and O–H groups in total. The number of alkyl halides is 2. The number of carbonyl (C=O) groups is 3. The largest absolute Gasteiger partial charge is 0.381 e. The first-order valence-corrected chi connectivity index (χ1v) is 23.7. The number of nitrogens with zero attached hydrogens (tertiary/aromatic N) is 9. The summed E-state index contributed by atoms with van der Waals surface area (Å²) < 4.78 is 46.0. The summed E-state index contributed by atoms with van der Waals surface area (Å²) in [5.41, 5.74) is 5.90. The highest BCUT2D eigenvalue weighted by atomic mass is 32.1. The number of nitrogens with one attached hydrogen (secondary N) is 2. The lowest BCUT2D eigenvalue weighted by Crippen LogP contribution is -2.57. The van der Waals surface area contributed by atoms with Crippen molar-refractivity contribution in [2.24, 2.45) is 5.41 Å². The molecule has 19 heteroatoms. The molecule has 3 amide bonds. The van der Waals surface area contributed by atoms with Crippen LogP contribution in [0.4, 0.5) is 8.78 Å². The van der Waals surface area contributed by atoms with Crippen molar-refractivity contribution in [3.05, 3.63) is 113 Å². The van der Waals surface area contributed by atoms with Crippen molar-refractivity contribution in [2.45, 2.75) is 90.9 Å². The van der Waals surface area contributed by atoms with E-state index in [0.29, 0.717) is 87.3 Å². The summed E-state index contributed by atoms with van der Waals surface area (Å²) in [4.78, 5) is 51.7. The van der Waals surface area contributed by atoms with Crippen LogP contribution < -0.4 is 10.6 Å². The molecule has 68 heavy (non-hydrogen) atoms. The topological polar surface area (TPSA) is 184 Å². The lowest BCUT2D eigenvalue weighted by molar-refractivity contribution is -0.144. The standard InChI is InChI=1S/C49H55F2N11O5S/c1-32-43(68-31-54-32)34-13-11-33(12-14-34)28-53-45(64)40-10-6-22-61(40)46(65)44(48(2,3)4)56-42(63)19-26-67-25-8-24-66-23-7-21-60-30-36(29-55-60)39-17-18-41-57-58-47(62(41)59-39)49(50,51)37-15-16-38-35(27-37)9-5-20-52-38/h5,9,11-18,20,27,29-31,40,44H,6-8,10,19,21-26,28H2,1-4H3,(H,53,64)(H,56,63)/t40-,44+/m0/s1. The first-order chi connectivity index (χ1) is 32.8. The van der Waals surface area contributed by atoms with Crippen LogP contribution >= 0.6 is 11.3 Å². The predicted octanol–water partition coefficient (Wildman–Crippen LogP) is 7.15. The van der Waals surface area contributed by atoms with E-state index in [1.165, 1.54) is 12.1 Å². The molecular weight excluding hydrogens is 893 g/mol. The van der Waals surface area contributed by atoms with Crippen molar-refractivity contribution in [3.63, 3.8) is 0 Å². The fourth-order valence-corrected chi connectivity index (χ4v) is 8.94. The van der Waals surface area contributed by atoms with Crippen molar-refractivity contribution in [1.29, 1.82) is 0 Å². The number of rotatable bonds is 20. The third-order valence-electron chi connectivity index (χ3n) is 11.9. The van der Waals surface area contributed by atoms with Gasteiger partial charge < -0.3 is 25.0 Å². The number of hydrogen-bond donors (Lipinski definition) is 2. The minimum absolute atomic E-state index is 0.0808. The Bertz CT molecular complexity index is 2860. The van der Waals surface area contributed by atoms with Gasteiger partial charge in [0, 0.05) is 74.8 Å². The minimum atomic E-state index is -3.47. The summed E-state index contributed by atoms with van der Waals surface area (Å²) in [6.07, 6.45) is 7.68. The second-order valence-electron chi connectivity index (χ2n) is 17.9. The molecule has 8 rings (SSSR count). The van der Waals surface area contributed by atoms with Crippen molar-refractivity contribution in [1.82, 2.24) is 55.1 Å². The van der Waals surface area contributed by atoms with Gasteiger partial charge in [-0.15, -0.1) is 21.5 Å². The summed E-state index contributed by atoms with van der Waals surface area (Å²) in [5.74, 6) is -4.84. The van der Waals surface area contributed by atoms with Gasteiger partial charge in [-0.2, -0.15) is 23.5 Å². The predicted molar refractivity (Wildman–Crippen MR) is 252 cm³/mol. The molecule has 0 saturated carbocycles. The van der Waals surface area contributed by atoms with Gasteiger partial charge in [0.1, 0.15) is 12.1 Å². The summed E-state index contributed by atoms with van der Waals surface area (Å²) >= 11 is 1.59. The number of halogens is 2. The molecule has 5 aromatic heterocycles. The molecule has 0 unspecified atom stereocenters. The molecular formula is C49H55F2N11O5S. The maximum absolute atomic E-state index is 15.8. The molecule has 356 valence electrons. The second kappa shape index (κ2) is 21.2. The number of amides is 3. The summed E-state index contributed by atoms with van der Waals surface area (Å²) in [7, 11) is 0. The van der Waals surface area contributed by atoms with Crippen LogP contribution in [0.3, 0.4) is 0 Å². The zero-order valence-electron chi connectivity index (χ0n) is 38.5. The summed E-state index contributed by atoms with van der Waals surface area (Å²) in [5, 5.41) is 23.2. The molecule has 0 aliphatic carbocycles. The Morgan fingerprint density at radius 3 is 2.50 bits per heavy atom. The number of aryl methyl sites for hydroxylation is 2. The third-order valence-corrected chi connectivity index (χ3v) is 12.8. The molecule has 2 aromatic carbocycles. The van der Waals surface area contributed by atoms with E-state index < -0.39 is 29.2 Å². The number of pyridine rings is 1. The molecule has 1 aliphatic heterocycles. The number of benzene rings is 2. The monoisotopic (exact) mass is 947 g/mol. The van der Waals surface area contributed by atoms with Crippen LogP contribution in [0.2, 0.25) is 0 Å². The summed E-state index contributed by atoms with van der Waals surface area (Å²) in [6, 6.07) is 17.6. The number of likely N-dealkylation sites (tertiary alicyclic amines) is 1. The zero-order valence-corrected chi connectivity index (χ0v) is 39.3. The molecule has 16 nitrogen and oxygen atoms in total. The Balaban J connectivity index is 0.723. The minimum Gasteiger partial charge on any atom is -0.381 e. The number of thiazole rings is 1. The fourth-order valence-electron chi connectivity index (χ4n) is 8.13. The van der Waals surface area contributed by atoms with Crippen LogP contribution in [0.1, 0.15) is 75.5 Å². The molecule has 0 radical (unpaired) electrons. The summed E-state index contributed by atoms with van der Waals surface area (Å²) in [6.45, 7) is 10.6. The third kappa shape index (κ3) is 11.2. The Morgan fingerprint density at radius 2 is 1.72 bits per heavy atom. The number of fused-ring (bicyclic) bond motifs is 2. The fraction of sp³-hybridized carbons (Fsp3) is 0.408. The number of carbonyl (C=O) groups excluding carboxylic acids is 3. The molecule has 7 aromatic rings. The van der Waals surface area contributed by atoms with Gasteiger partial charge in [0.05, 0.1) is 40.1 Å². The quantitative estimate of drug-likeness (QED) is 0.0741. The highest BCUT2D eigenvalue weighted by Gasteiger charge is 2.42. The van der Waals surface area contributed by atoms with Gasteiger partial charge in [0.25, 0.3) is 0 Å². The Morgan fingerprint density at radius 1 is 0.926 bits per heavy atom. The van der Waals surface area contributed by atoms with Gasteiger partial charge in [-0.05, 0) is 79.5 Å². The molecule has 2 atom stereocenters. The van der Waals surface area contributed by atoms with E-state index >= 15 is 8.78 Å². The van der Waals surface area contributed by atoms with Gasteiger partial charge in [-0.3, -0.25) is 24.0 Å². The smallest absolute Gasteiger partial charge is 0.333 e. The van der Waals surface area contributed by atoms with Crippen LogP contribution in [0.5, 0.6) is 0 Å². The van der Waals surface area contributed by atoms with Crippen molar-refractivity contribution >= 4 is 45.6 Å². The van der Waals surface area contributed by atoms with E-state index in [9.17, 15) is 14.4 Å². The second-order valence-corrected chi connectivity index (χ2v) is 18.8. The number of ether oxygens (including phenoxy) is 2. The van der Waals surface area contributed by atoms with Crippen molar-refractivity contribution in [3.8, 4) is 21.7 Å². The van der Waals surface area contributed by atoms with Gasteiger partial charge in [0.2, 0.25) is 23.5 Å². The van der Waals surface area contributed by atoms with Gasteiger partial charge >= 0.3 is 5.92 Å². The Kier molecular flexibility index (Phi) is 14.9. The first-order valence-electron chi connectivity index (χ1n) is 22.8. The zero-order chi connectivity index (χ0) is 47.8. The highest BCUT2D eigenvalue weighted by Crippen LogP contribution is 2.36. The molecule has 1 aliphatic rings. The van der Waals surface area contributed by atoms with E-state index in [2.05, 4.69) is 41.0 Å². The molecule has 0 spiro atoms. The van der Waals surface area contributed by atoms with Crippen molar-refractivity contribution in [2.75, 3.05) is 33.0 Å².